The highest BCUT2D eigenvalue weighted by Gasteiger charge is 2.18. The maximum atomic E-state index is 12.5. The summed E-state index contributed by atoms with van der Waals surface area (Å²) >= 11 is 0. The molecule has 0 aliphatic rings. The smallest absolute Gasteiger partial charge is 0.255 e. The first-order valence-corrected chi connectivity index (χ1v) is 7.15. The zero-order chi connectivity index (χ0) is 16.1. The van der Waals surface area contributed by atoms with Gasteiger partial charge in [-0.3, -0.25) is 4.79 Å². The molecule has 2 rings (SSSR count). The van der Waals surface area contributed by atoms with Crippen molar-refractivity contribution in [3.63, 3.8) is 0 Å². The fraction of sp³-hybridized carbons (Fsp3) is 0.278. The molecule has 0 radical (unpaired) electrons. The molecular weight excluding hydrogens is 278 g/mol. The highest BCUT2D eigenvalue weighted by molar-refractivity contribution is 5.98. The highest BCUT2D eigenvalue weighted by Crippen LogP contribution is 2.31. The number of hydrogen-bond acceptors (Lipinski definition) is 3. The summed E-state index contributed by atoms with van der Waals surface area (Å²) in [6.45, 7) is 3.99. The lowest BCUT2D eigenvalue weighted by atomic mass is 10.1. The first-order valence-electron chi connectivity index (χ1n) is 7.15. The average molecular weight is 299 g/mol. The Morgan fingerprint density at radius 2 is 1.73 bits per heavy atom. The number of hydrogen-bond donors (Lipinski definition) is 1. The van der Waals surface area contributed by atoms with Crippen LogP contribution in [0.4, 0.5) is 0 Å². The van der Waals surface area contributed by atoms with Gasteiger partial charge in [0.05, 0.1) is 25.8 Å². The fourth-order valence-electron chi connectivity index (χ4n) is 2.28. The van der Waals surface area contributed by atoms with Gasteiger partial charge in [0, 0.05) is 0 Å². The molecule has 4 nitrogen and oxygen atoms in total. The molecule has 4 heteroatoms. The standard InChI is InChI=1S/C18H21NO3/c1-12-8-10-14(11-9-12)13(2)19-18(20)15-6-5-7-16(21-3)17(15)22-4/h5-11,13H,1-4H3,(H,19,20). The van der Waals surface area contributed by atoms with Crippen LogP contribution in [0, 0.1) is 6.92 Å². The molecule has 0 saturated heterocycles. The van der Waals surface area contributed by atoms with Gasteiger partial charge in [-0.25, -0.2) is 0 Å². The number of amides is 1. The van der Waals surface area contributed by atoms with Crippen LogP contribution in [-0.4, -0.2) is 20.1 Å². The molecule has 1 unspecified atom stereocenters. The topological polar surface area (TPSA) is 47.6 Å². The molecule has 22 heavy (non-hydrogen) atoms. The van der Waals surface area contributed by atoms with E-state index in [0.717, 1.165) is 5.56 Å². The monoisotopic (exact) mass is 299 g/mol. The van der Waals surface area contributed by atoms with E-state index < -0.39 is 0 Å². The second-order valence-corrected chi connectivity index (χ2v) is 5.15. The second kappa shape index (κ2) is 6.98. The molecule has 0 aromatic heterocycles. The highest BCUT2D eigenvalue weighted by atomic mass is 16.5. The Bertz CT molecular complexity index is 650. The van der Waals surface area contributed by atoms with E-state index in [2.05, 4.69) is 5.32 Å². The number of benzene rings is 2. The molecule has 0 spiro atoms. The number of nitrogens with one attached hydrogen (secondary N) is 1. The number of para-hydroxylation sites is 1. The fourth-order valence-corrected chi connectivity index (χ4v) is 2.28. The van der Waals surface area contributed by atoms with Crippen LogP contribution in [-0.2, 0) is 0 Å². The largest absolute Gasteiger partial charge is 0.493 e. The second-order valence-electron chi connectivity index (χ2n) is 5.15. The average Bonchev–Trinajstić information content (AvgIpc) is 2.54. The number of ether oxygens (including phenoxy) is 2. The normalized spacial score (nSPS) is 11.6. The van der Waals surface area contributed by atoms with Crippen LogP contribution in [0.2, 0.25) is 0 Å². The lowest BCUT2D eigenvalue weighted by Crippen LogP contribution is -2.27. The number of carbonyl (C=O) groups is 1. The molecule has 1 amide bonds. The number of methoxy groups -OCH3 is 2. The molecule has 1 N–H and O–H groups in total. The lowest BCUT2D eigenvalue weighted by molar-refractivity contribution is 0.0936. The van der Waals surface area contributed by atoms with Gasteiger partial charge in [0.25, 0.3) is 5.91 Å². The predicted octanol–water partition coefficient (Wildman–Crippen LogP) is 3.50. The van der Waals surface area contributed by atoms with Crippen LogP contribution in [0.25, 0.3) is 0 Å². The lowest BCUT2D eigenvalue weighted by Gasteiger charge is -2.17. The maximum absolute atomic E-state index is 12.5. The molecule has 0 heterocycles. The quantitative estimate of drug-likeness (QED) is 0.919. The summed E-state index contributed by atoms with van der Waals surface area (Å²) in [5.74, 6) is 0.792. The van der Waals surface area contributed by atoms with Gasteiger partial charge in [0.2, 0.25) is 0 Å². The summed E-state index contributed by atoms with van der Waals surface area (Å²) in [4.78, 5) is 12.5. The number of aryl methyl sites for hydroxylation is 1. The minimum Gasteiger partial charge on any atom is -0.493 e. The van der Waals surface area contributed by atoms with E-state index in [4.69, 9.17) is 9.47 Å². The van der Waals surface area contributed by atoms with Crippen molar-refractivity contribution >= 4 is 5.91 Å². The van der Waals surface area contributed by atoms with Crippen molar-refractivity contribution in [2.75, 3.05) is 14.2 Å². The van der Waals surface area contributed by atoms with Crippen LogP contribution >= 0.6 is 0 Å². The van der Waals surface area contributed by atoms with Gasteiger partial charge < -0.3 is 14.8 Å². The molecule has 0 saturated carbocycles. The molecule has 0 aliphatic heterocycles. The van der Waals surface area contributed by atoms with Crippen molar-refractivity contribution in [1.82, 2.24) is 5.32 Å². The van der Waals surface area contributed by atoms with Crippen LogP contribution < -0.4 is 14.8 Å². The van der Waals surface area contributed by atoms with E-state index in [1.807, 2.05) is 38.1 Å². The SMILES string of the molecule is COc1cccc(C(=O)NC(C)c2ccc(C)cc2)c1OC. The third kappa shape index (κ3) is 3.39. The van der Waals surface area contributed by atoms with Crippen molar-refractivity contribution in [1.29, 1.82) is 0 Å². The Kier molecular flexibility index (Phi) is 5.04. The summed E-state index contributed by atoms with van der Waals surface area (Å²) in [6.07, 6.45) is 0. The van der Waals surface area contributed by atoms with Gasteiger partial charge in [-0.1, -0.05) is 35.9 Å². The summed E-state index contributed by atoms with van der Waals surface area (Å²) in [5, 5.41) is 2.98. The van der Waals surface area contributed by atoms with Crippen molar-refractivity contribution in [2.45, 2.75) is 19.9 Å². The van der Waals surface area contributed by atoms with Crippen LogP contribution in [0.5, 0.6) is 11.5 Å². The molecule has 2 aromatic rings. The molecular formula is C18H21NO3. The molecule has 0 fully saturated rings. The summed E-state index contributed by atoms with van der Waals surface area (Å²) in [5.41, 5.74) is 2.71. The van der Waals surface area contributed by atoms with E-state index >= 15 is 0 Å². The first kappa shape index (κ1) is 15.9. The molecule has 1 atom stereocenters. The van der Waals surface area contributed by atoms with E-state index in [1.54, 1.807) is 25.3 Å². The van der Waals surface area contributed by atoms with Crippen LogP contribution in [0.15, 0.2) is 42.5 Å². The summed E-state index contributed by atoms with van der Waals surface area (Å²) in [6, 6.07) is 13.3. The molecule has 116 valence electrons. The Morgan fingerprint density at radius 1 is 1.05 bits per heavy atom. The zero-order valence-electron chi connectivity index (χ0n) is 13.3. The zero-order valence-corrected chi connectivity index (χ0v) is 13.3. The van der Waals surface area contributed by atoms with E-state index in [1.165, 1.54) is 12.7 Å². The Balaban J connectivity index is 2.20. The van der Waals surface area contributed by atoms with E-state index in [-0.39, 0.29) is 11.9 Å². The van der Waals surface area contributed by atoms with Crippen molar-refractivity contribution in [3.8, 4) is 11.5 Å². The van der Waals surface area contributed by atoms with Gasteiger partial charge in [0.15, 0.2) is 11.5 Å². The van der Waals surface area contributed by atoms with Crippen molar-refractivity contribution in [2.24, 2.45) is 0 Å². The summed E-state index contributed by atoms with van der Waals surface area (Å²) in [7, 11) is 3.08. The minimum absolute atomic E-state index is 0.0935. The van der Waals surface area contributed by atoms with Crippen LogP contribution in [0.3, 0.4) is 0 Å². The van der Waals surface area contributed by atoms with Crippen molar-refractivity contribution < 1.29 is 14.3 Å². The molecule has 0 aliphatic carbocycles. The molecule has 2 aromatic carbocycles. The predicted molar refractivity (Wildman–Crippen MR) is 86.6 cm³/mol. The molecule has 0 bridgehead atoms. The van der Waals surface area contributed by atoms with Gasteiger partial charge in [-0.2, -0.15) is 0 Å². The Hall–Kier alpha value is -2.49. The van der Waals surface area contributed by atoms with E-state index in [9.17, 15) is 4.79 Å². The van der Waals surface area contributed by atoms with Crippen LogP contribution in [0.1, 0.15) is 34.5 Å². The number of carbonyl (C=O) groups excluding carboxylic acids is 1. The summed E-state index contributed by atoms with van der Waals surface area (Å²) < 4.78 is 10.5. The first-order chi connectivity index (χ1) is 10.6. The van der Waals surface area contributed by atoms with Crippen molar-refractivity contribution in [3.05, 3.63) is 59.2 Å². The third-order valence-corrected chi connectivity index (χ3v) is 3.57. The Morgan fingerprint density at radius 3 is 2.32 bits per heavy atom. The van der Waals surface area contributed by atoms with E-state index in [0.29, 0.717) is 17.1 Å². The third-order valence-electron chi connectivity index (χ3n) is 3.57. The number of rotatable bonds is 5. The van der Waals surface area contributed by atoms with Gasteiger partial charge in [-0.05, 0) is 31.5 Å². The van der Waals surface area contributed by atoms with Gasteiger partial charge in [0.1, 0.15) is 0 Å². The van der Waals surface area contributed by atoms with Gasteiger partial charge in [-0.15, -0.1) is 0 Å². The minimum atomic E-state index is -0.191. The maximum Gasteiger partial charge on any atom is 0.255 e. The Labute approximate surface area is 131 Å². The van der Waals surface area contributed by atoms with Gasteiger partial charge >= 0.3 is 0 Å².